The molecular weight excluding hydrogens is 520 g/mol. The summed E-state index contributed by atoms with van der Waals surface area (Å²) in [7, 11) is 0. The van der Waals surface area contributed by atoms with E-state index < -0.39 is 11.9 Å². The standard InChI is InChI=1S/2C16H24O3.Ca/c2*1-2-3-4-5-6-7-8-9-13-10-14(16(18)19)12-15(17)11-13;/h2*10-12,17H,2-9H2,1H3,(H,18,19);/q;;+2/p-2. The summed E-state index contributed by atoms with van der Waals surface area (Å²) in [5, 5.41) is 40.5. The Hall–Kier alpha value is -1.76. The quantitative estimate of drug-likeness (QED) is 0.159. The van der Waals surface area contributed by atoms with E-state index in [-0.39, 0.29) is 60.4 Å². The summed E-state index contributed by atoms with van der Waals surface area (Å²) in [6, 6.07) is 8.78. The fraction of sp³-hybridized carbons (Fsp3) is 0.562. The number of phenolic OH excluding ortho intramolecular Hbond substituents is 1. The van der Waals surface area contributed by atoms with E-state index in [2.05, 4.69) is 13.8 Å². The Balaban J connectivity index is 0.000000722. The van der Waals surface area contributed by atoms with Gasteiger partial charge in [0.2, 0.25) is 0 Å². The Morgan fingerprint density at radius 1 is 0.641 bits per heavy atom. The molecule has 0 atom stereocenters. The van der Waals surface area contributed by atoms with Gasteiger partial charge in [0.25, 0.3) is 0 Å². The molecule has 2 rings (SSSR count). The van der Waals surface area contributed by atoms with Crippen LogP contribution in [0.4, 0.5) is 0 Å². The van der Waals surface area contributed by atoms with Gasteiger partial charge in [0, 0.05) is 0 Å². The van der Waals surface area contributed by atoms with Crippen molar-refractivity contribution in [1.82, 2.24) is 0 Å². The Morgan fingerprint density at radius 2 is 1.08 bits per heavy atom. The predicted octanol–water partition coefficient (Wildman–Crippen LogP) is 6.42. The molecule has 0 aliphatic carbocycles. The molecule has 0 bridgehead atoms. The van der Waals surface area contributed by atoms with Gasteiger partial charge in [-0.05, 0) is 66.6 Å². The minimum atomic E-state index is -1.28. The van der Waals surface area contributed by atoms with Gasteiger partial charge in [-0.1, -0.05) is 103 Å². The molecular formula is C32H46CaO6. The molecule has 39 heavy (non-hydrogen) atoms. The third kappa shape index (κ3) is 18.3. The predicted molar refractivity (Wildman–Crippen MR) is 154 cm³/mol. The number of aromatic carboxylic acids is 2. The molecule has 0 radical (unpaired) electrons. The van der Waals surface area contributed by atoms with Gasteiger partial charge in [0.05, 0.1) is 11.5 Å². The normalized spacial score (nSPS) is 10.3. The minimum absolute atomic E-state index is 0. The Bertz CT molecular complexity index is 882. The molecule has 6 nitrogen and oxygen atoms in total. The van der Waals surface area contributed by atoms with Crippen molar-refractivity contribution in [2.45, 2.75) is 117 Å². The van der Waals surface area contributed by atoms with Crippen LogP contribution >= 0.6 is 0 Å². The van der Waals surface area contributed by atoms with Crippen LogP contribution in [0.25, 0.3) is 0 Å². The largest absolute Gasteiger partial charge is 2.00 e. The first-order chi connectivity index (χ1) is 18.3. The molecule has 212 valence electrons. The number of phenols is 1. The summed E-state index contributed by atoms with van der Waals surface area (Å²) in [5.74, 6) is -2.48. The van der Waals surface area contributed by atoms with Crippen molar-refractivity contribution in [2.24, 2.45) is 0 Å². The zero-order valence-electron chi connectivity index (χ0n) is 24.0. The van der Waals surface area contributed by atoms with Gasteiger partial charge in [-0.25, -0.2) is 4.79 Å². The molecule has 0 saturated heterocycles. The monoisotopic (exact) mass is 566 g/mol. The zero-order chi connectivity index (χ0) is 28.2. The number of hydrogen-bond acceptors (Lipinski definition) is 5. The number of unbranched alkanes of at least 4 members (excludes halogenated alkanes) is 12. The fourth-order valence-electron chi connectivity index (χ4n) is 4.44. The number of carboxylic acids is 2. The summed E-state index contributed by atoms with van der Waals surface area (Å²) in [6.07, 6.45) is 18.7. The van der Waals surface area contributed by atoms with Gasteiger partial charge in [-0.2, -0.15) is 0 Å². The maximum absolute atomic E-state index is 11.3. The molecule has 0 spiro atoms. The number of benzene rings is 2. The van der Waals surface area contributed by atoms with E-state index in [1.807, 2.05) is 0 Å². The SMILES string of the molecule is CCCCCCCCCc1cc(O)cc(C(=O)O)c1.CCCCCCCCCc1cc([O-])cc(C(=O)[O-])c1.[Ca+2]. The van der Waals surface area contributed by atoms with Crippen molar-refractivity contribution < 1.29 is 30.0 Å². The molecule has 0 aromatic heterocycles. The first-order valence-corrected chi connectivity index (χ1v) is 14.3. The topological polar surface area (TPSA) is 121 Å². The molecule has 7 heteroatoms. The number of aryl methyl sites for hydroxylation is 2. The van der Waals surface area contributed by atoms with Crippen molar-refractivity contribution in [3.63, 3.8) is 0 Å². The van der Waals surface area contributed by atoms with E-state index in [0.29, 0.717) is 0 Å². The van der Waals surface area contributed by atoms with E-state index in [0.717, 1.165) is 49.3 Å². The molecule has 0 amide bonds. The van der Waals surface area contributed by atoms with Crippen molar-refractivity contribution in [1.29, 1.82) is 0 Å². The van der Waals surface area contributed by atoms with Gasteiger partial charge in [-0.3, -0.25) is 0 Å². The van der Waals surface area contributed by atoms with Crippen LogP contribution in [0.5, 0.6) is 11.5 Å². The van der Waals surface area contributed by atoms with Crippen molar-refractivity contribution in [3.05, 3.63) is 58.7 Å². The molecule has 2 aromatic carbocycles. The number of carboxylic acid groups (broad SMARTS) is 2. The van der Waals surface area contributed by atoms with Crippen LogP contribution < -0.4 is 10.2 Å². The summed E-state index contributed by atoms with van der Waals surface area (Å²) in [4.78, 5) is 21.6. The van der Waals surface area contributed by atoms with Gasteiger partial charge >= 0.3 is 43.7 Å². The van der Waals surface area contributed by atoms with Gasteiger partial charge in [0.15, 0.2) is 0 Å². The third-order valence-electron chi connectivity index (χ3n) is 6.56. The van der Waals surface area contributed by atoms with Gasteiger partial charge in [0.1, 0.15) is 5.75 Å². The number of carbonyl (C=O) groups excluding carboxylic acids is 1. The van der Waals surface area contributed by atoms with E-state index in [1.165, 1.54) is 82.8 Å². The Kier molecular flexibility index (Phi) is 22.0. The van der Waals surface area contributed by atoms with E-state index in [9.17, 15) is 24.9 Å². The second-order valence-corrected chi connectivity index (χ2v) is 10.1. The van der Waals surface area contributed by atoms with Crippen LogP contribution in [0.1, 0.15) is 136 Å². The number of carbonyl (C=O) groups is 2. The molecule has 2 aromatic rings. The van der Waals surface area contributed by atoms with Crippen LogP contribution in [0.3, 0.4) is 0 Å². The second kappa shape index (κ2) is 23.0. The van der Waals surface area contributed by atoms with Crippen molar-refractivity contribution in [3.8, 4) is 11.5 Å². The number of hydrogen-bond donors (Lipinski definition) is 2. The smallest absolute Gasteiger partial charge is 0.872 e. The number of rotatable bonds is 18. The van der Waals surface area contributed by atoms with Crippen LogP contribution in [-0.4, -0.2) is 59.9 Å². The average molecular weight is 567 g/mol. The average Bonchev–Trinajstić information content (AvgIpc) is 2.87. The van der Waals surface area contributed by atoms with Crippen molar-refractivity contribution >= 4 is 49.7 Å². The summed E-state index contributed by atoms with van der Waals surface area (Å²) in [5.41, 5.74) is 1.87. The Labute approximate surface area is 264 Å². The number of aromatic hydroxyl groups is 1. The molecule has 0 aliphatic rings. The van der Waals surface area contributed by atoms with Crippen LogP contribution in [0.2, 0.25) is 0 Å². The molecule has 0 heterocycles. The second-order valence-electron chi connectivity index (χ2n) is 10.1. The Morgan fingerprint density at radius 3 is 1.54 bits per heavy atom. The molecule has 2 N–H and O–H groups in total. The molecule has 0 saturated carbocycles. The fourth-order valence-corrected chi connectivity index (χ4v) is 4.44. The first-order valence-electron chi connectivity index (χ1n) is 14.3. The van der Waals surface area contributed by atoms with Crippen LogP contribution in [-0.2, 0) is 12.8 Å². The zero-order valence-corrected chi connectivity index (χ0v) is 26.2. The minimum Gasteiger partial charge on any atom is -0.872 e. The maximum atomic E-state index is 11.3. The van der Waals surface area contributed by atoms with Gasteiger partial charge in [-0.15, -0.1) is 5.75 Å². The maximum Gasteiger partial charge on any atom is 2.00 e. The summed E-state index contributed by atoms with van der Waals surface area (Å²) < 4.78 is 0. The third-order valence-corrected chi connectivity index (χ3v) is 6.56. The van der Waals surface area contributed by atoms with E-state index >= 15 is 0 Å². The summed E-state index contributed by atoms with van der Waals surface area (Å²) >= 11 is 0. The van der Waals surface area contributed by atoms with Gasteiger partial charge < -0.3 is 25.2 Å². The molecule has 0 aliphatic heterocycles. The molecule has 0 fully saturated rings. The molecule has 0 unspecified atom stereocenters. The van der Waals surface area contributed by atoms with E-state index in [1.54, 1.807) is 18.2 Å². The van der Waals surface area contributed by atoms with Crippen LogP contribution in [0.15, 0.2) is 36.4 Å². The van der Waals surface area contributed by atoms with Crippen LogP contribution in [0, 0.1) is 0 Å². The summed E-state index contributed by atoms with van der Waals surface area (Å²) in [6.45, 7) is 4.41. The first kappa shape index (κ1) is 37.2. The van der Waals surface area contributed by atoms with Crippen molar-refractivity contribution in [2.75, 3.05) is 0 Å². The van der Waals surface area contributed by atoms with E-state index in [4.69, 9.17) is 5.11 Å².